The van der Waals surface area contributed by atoms with E-state index < -0.39 is 0 Å². The zero-order valence-corrected chi connectivity index (χ0v) is 9.80. The Bertz CT molecular complexity index is 591. The molecule has 0 saturated heterocycles. The van der Waals surface area contributed by atoms with E-state index in [-0.39, 0.29) is 0 Å². The minimum atomic E-state index is 0.351. The van der Waals surface area contributed by atoms with Crippen LogP contribution in [-0.2, 0) is 0 Å². The number of aliphatic imine (C=N–C) groups is 1. The Morgan fingerprint density at radius 2 is 2.06 bits per heavy atom. The van der Waals surface area contributed by atoms with E-state index in [0.29, 0.717) is 17.3 Å². The van der Waals surface area contributed by atoms with Gasteiger partial charge in [0.05, 0.1) is 5.70 Å². The molecule has 0 saturated carbocycles. The first-order chi connectivity index (χ1) is 8.70. The molecule has 0 unspecified atom stereocenters. The number of nitrogens with zero attached hydrogens (tertiary/aromatic N) is 3. The fourth-order valence-corrected chi connectivity index (χ4v) is 1.45. The Balaban J connectivity index is 2.27. The molecule has 0 spiro atoms. The van der Waals surface area contributed by atoms with Crippen molar-refractivity contribution >= 4 is 29.7 Å². The van der Waals surface area contributed by atoms with Gasteiger partial charge in [0.2, 0.25) is 0 Å². The van der Waals surface area contributed by atoms with Crippen molar-refractivity contribution in [3.05, 3.63) is 48.8 Å². The van der Waals surface area contributed by atoms with Crippen LogP contribution in [0.2, 0.25) is 0 Å². The Labute approximate surface area is 105 Å². The van der Waals surface area contributed by atoms with Crippen LogP contribution in [0.4, 0.5) is 17.3 Å². The number of nitrogens with two attached hydrogens (primary N) is 1. The molecule has 90 valence electrons. The summed E-state index contributed by atoms with van der Waals surface area (Å²) in [6.07, 6.45) is 3.12. The third-order valence-corrected chi connectivity index (χ3v) is 2.38. The fourth-order valence-electron chi connectivity index (χ4n) is 1.45. The summed E-state index contributed by atoms with van der Waals surface area (Å²) < 4.78 is 0. The number of nitrogens with one attached hydrogen (secondary N) is 1. The highest BCUT2D eigenvalue weighted by Gasteiger charge is 2.03. The SMILES string of the molecule is C=NC(=C)c1cccc(Nc2nccnc2N)c1. The van der Waals surface area contributed by atoms with Gasteiger partial charge in [-0.05, 0) is 18.9 Å². The average Bonchev–Trinajstić information content (AvgIpc) is 2.41. The van der Waals surface area contributed by atoms with Gasteiger partial charge in [-0.25, -0.2) is 9.97 Å². The number of hydrogen-bond acceptors (Lipinski definition) is 5. The first kappa shape index (κ1) is 11.8. The van der Waals surface area contributed by atoms with Crippen molar-refractivity contribution in [2.45, 2.75) is 0 Å². The third kappa shape index (κ3) is 2.52. The van der Waals surface area contributed by atoms with Crippen molar-refractivity contribution in [2.24, 2.45) is 4.99 Å². The van der Waals surface area contributed by atoms with E-state index in [9.17, 15) is 0 Å². The Hall–Kier alpha value is -2.69. The molecule has 5 heteroatoms. The van der Waals surface area contributed by atoms with Gasteiger partial charge in [-0.3, -0.25) is 4.99 Å². The van der Waals surface area contributed by atoms with Crippen molar-refractivity contribution in [1.82, 2.24) is 9.97 Å². The lowest BCUT2D eigenvalue weighted by atomic mass is 10.1. The summed E-state index contributed by atoms with van der Waals surface area (Å²) in [6.45, 7) is 7.25. The largest absolute Gasteiger partial charge is 0.381 e. The molecule has 2 aromatic rings. The number of aromatic nitrogens is 2. The van der Waals surface area contributed by atoms with Gasteiger partial charge >= 0.3 is 0 Å². The molecule has 0 amide bonds. The van der Waals surface area contributed by atoms with E-state index >= 15 is 0 Å². The van der Waals surface area contributed by atoms with E-state index in [1.54, 1.807) is 12.4 Å². The predicted octanol–water partition coefficient (Wildman–Crippen LogP) is 2.47. The highest BCUT2D eigenvalue weighted by atomic mass is 15.0. The van der Waals surface area contributed by atoms with Crippen LogP contribution in [0.3, 0.4) is 0 Å². The third-order valence-electron chi connectivity index (χ3n) is 2.38. The molecule has 1 heterocycles. The highest BCUT2D eigenvalue weighted by molar-refractivity contribution is 5.72. The lowest BCUT2D eigenvalue weighted by Crippen LogP contribution is -2.00. The van der Waals surface area contributed by atoms with Crippen LogP contribution in [0.15, 0.2) is 48.2 Å². The lowest BCUT2D eigenvalue weighted by molar-refractivity contribution is 1.21. The monoisotopic (exact) mass is 239 g/mol. The molecule has 0 aliphatic rings. The van der Waals surface area contributed by atoms with Crippen LogP contribution in [0.1, 0.15) is 5.56 Å². The molecule has 0 atom stereocenters. The average molecular weight is 239 g/mol. The minimum Gasteiger partial charge on any atom is -0.381 e. The molecule has 1 aromatic heterocycles. The summed E-state index contributed by atoms with van der Waals surface area (Å²) in [5, 5.41) is 3.09. The summed E-state index contributed by atoms with van der Waals surface area (Å²) >= 11 is 0. The second-order valence-electron chi connectivity index (χ2n) is 3.60. The van der Waals surface area contributed by atoms with Crippen LogP contribution in [0.25, 0.3) is 5.70 Å². The molecule has 2 rings (SSSR count). The Kier molecular flexibility index (Phi) is 3.33. The predicted molar refractivity (Wildman–Crippen MR) is 74.8 cm³/mol. The second kappa shape index (κ2) is 5.09. The summed E-state index contributed by atoms with van der Waals surface area (Å²) in [4.78, 5) is 11.9. The number of anilines is 3. The lowest BCUT2D eigenvalue weighted by Gasteiger charge is -2.08. The first-order valence-corrected chi connectivity index (χ1v) is 5.30. The smallest absolute Gasteiger partial charge is 0.173 e. The van der Waals surface area contributed by atoms with Crippen molar-refractivity contribution in [1.29, 1.82) is 0 Å². The zero-order valence-electron chi connectivity index (χ0n) is 9.80. The summed E-state index contributed by atoms with van der Waals surface area (Å²) in [5.41, 5.74) is 8.05. The molecule has 1 aromatic carbocycles. The molecule has 0 aliphatic carbocycles. The van der Waals surface area contributed by atoms with E-state index in [1.165, 1.54) is 0 Å². The van der Waals surface area contributed by atoms with Gasteiger partial charge in [0.1, 0.15) is 0 Å². The van der Waals surface area contributed by atoms with E-state index in [2.05, 4.69) is 33.6 Å². The van der Waals surface area contributed by atoms with Gasteiger partial charge < -0.3 is 11.1 Å². The fraction of sp³-hybridized carbons (Fsp3) is 0. The van der Waals surface area contributed by atoms with Crippen LogP contribution in [-0.4, -0.2) is 16.7 Å². The quantitative estimate of drug-likeness (QED) is 0.803. The summed E-state index contributed by atoms with van der Waals surface area (Å²) in [7, 11) is 0. The molecule has 0 radical (unpaired) electrons. The van der Waals surface area contributed by atoms with Gasteiger partial charge in [0, 0.05) is 23.6 Å². The van der Waals surface area contributed by atoms with E-state index in [1.807, 2.05) is 24.3 Å². The van der Waals surface area contributed by atoms with Crippen LogP contribution in [0.5, 0.6) is 0 Å². The number of hydrogen-bond donors (Lipinski definition) is 2. The molecule has 0 fully saturated rings. The second-order valence-corrected chi connectivity index (χ2v) is 3.60. The van der Waals surface area contributed by atoms with Gasteiger partial charge in [-0.1, -0.05) is 18.7 Å². The number of benzene rings is 1. The molecular weight excluding hydrogens is 226 g/mol. The minimum absolute atomic E-state index is 0.351. The first-order valence-electron chi connectivity index (χ1n) is 5.30. The molecule has 0 aliphatic heterocycles. The normalized spacial score (nSPS) is 9.78. The highest BCUT2D eigenvalue weighted by Crippen LogP contribution is 2.22. The Morgan fingerprint density at radius 1 is 1.28 bits per heavy atom. The van der Waals surface area contributed by atoms with Gasteiger partial charge in [-0.2, -0.15) is 0 Å². The van der Waals surface area contributed by atoms with Gasteiger partial charge in [0.15, 0.2) is 11.6 Å². The van der Waals surface area contributed by atoms with Crippen molar-refractivity contribution in [3.8, 4) is 0 Å². The maximum absolute atomic E-state index is 5.71. The summed E-state index contributed by atoms with van der Waals surface area (Å²) in [5.74, 6) is 0.871. The van der Waals surface area contributed by atoms with Gasteiger partial charge in [0.25, 0.3) is 0 Å². The van der Waals surface area contributed by atoms with E-state index in [0.717, 1.165) is 11.3 Å². The van der Waals surface area contributed by atoms with Crippen molar-refractivity contribution < 1.29 is 0 Å². The maximum atomic E-state index is 5.71. The molecule has 18 heavy (non-hydrogen) atoms. The van der Waals surface area contributed by atoms with Crippen LogP contribution in [0, 0.1) is 0 Å². The summed E-state index contributed by atoms with van der Waals surface area (Å²) in [6, 6.07) is 7.59. The van der Waals surface area contributed by atoms with Crippen LogP contribution >= 0.6 is 0 Å². The molecule has 3 N–H and O–H groups in total. The molecule has 0 bridgehead atoms. The number of rotatable bonds is 4. The van der Waals surface area contributed by atoms with Gasteiger partial charge in [-0.15, -0.1) is 0 Å². The topological polar surface area (TPSA) is 76.2 Å². The molecular formula is C13H13N5. The molecule has 5 nitrogen and oxygen atoms in total. The van der Waals surface area contributed by atoms with Crippen molar-refractivity contribution in [2.75, 3.05) is 11.1 Å². The Morgan fingerprint density at radius 3 is 2.78 bits per heavy atom. The number of nitrogen functional groups attached to an aromatic ring is 1. The zero-order chi connectivity index (χ0) is 13.0. The standard InChI is InChI=1S/C13H13N5/c1-9(15-2)10-4-3-5-11(8-10)18-13-12(14)16-6-7-17-13/h3-8H,1-2H2,(H2,14,16)(H,17,18). The maximum Gasteiger partial charge on any atom is 0.173 e. The van der Waals surface area contributed by atoms with Crippen molar-refractivity contribution in [3.63, 3.8) is 0 Å². The van der Waals surface area contributed by atoms with E-state index in [4.69, 9.17) is 5.73 Å². The van der Waals surface area contributed by atoms with Crippen LogP contribution < -0.4 is 11.1 Å².